The van der Waals surface area contributed by atoms with E-state index in [1.165, 1.54) is 22.3 Å². The molecule has 1 aromatic rings. The summed E-state index contributed by atoms with van der Waals surface area (Å²) < 4.78 is 11.3. The van der Waals surface area contributed by atoms with Crippen LogP contribution in [-0.4, -0.2) is 19.5 Å². The van der Waals surface area contributed by atoms with E-state index in [1.807, 2.05) is 0 Å². The molecule has 0 saturated carbocycles. The van der Waals surface area contributed by atoms with Crippen molar-refractivity contribution in [3.05, 3.63) is 45.6 Å². The number of halogens is 1. The second-order valence-electron chi connectivity index (χ2n) is 6.40. The summed E-state index contributed by atoms with van der Waals surface area (Å²) in [5, 5.41) is 0.953. The summed E-state index contributed by atoms with van der Waals surface area (Å²) in [5.41, 5.74) is 7.52. The lowest BCUT2D eigenvalue weighted by atomic mass is 9.94. The first-order chi connectivity index (χ1) is 11.4. The molecule has 24 heavy (non-hydrogen) atoms. The molecule has 0 aliphatic rings. The van der Waals surface area contributed by atoms with Crippen LogP contribution in [-0.2, 0) is 6.42 Å². The van der Waals surface area contributed by atoms with E-state index in [0.717, 1.165) is 47.2 Å². The molecule has 0 amide bonds. The molecular formula is C21H31BrO2. The van der Waals surface area contributed by atoms with Crippen LogP contribution in [0.15, 0.2) is 23.3 Å². The van der Waals surface area contributed by atoms with E-state index in [2.05, 4.69) is 62.7 Å². The van der Waals surface area contributed by atoms with Gasteiger partial charge in [0.15, 0.2) is 0 Å². The van der Waals surface area contributed by atoms with Crippen LogP contribution in [0.3, 0.4) is 0 Å². The molecule has 1 aromatic carbocycles. The van der Waals surface area contributed by atoms with Crippen LogP contribution in [0.2, 0.25) is 0 Å². The number of benzene rings is 1. The Bertz CT molecular complexity index is 627. The number of methoxy groups -OCH3 is 2. The summed E-state index contributed by atoms with van der Waals surface area (Å²) in [6.45, 7) is 10.7. The summed E-state index contributed by atoms with van der Waals surface area (Å²) in [5.74, 6) is 1.97. The zero-order chi connectivity index (χ0) is 18.3. The molecule has 0 radical (unpaired) electrons. The molecule has 0 aromatic heterocycles. The van der Waals surface area contributed by atoms with Gasteiger partial charge in [0.25, 0.3) is 0 Å². The Morgan fingerprint density at radius 1 is 0.875 bits per heavy atom. The number of rotatable bonds is 8. The molecule has 0 heterocycles. The quantitative estimate of drug-likeness (QED) is 0.383. The fraction of sp³-hybridized carbons (Fsp3) is 0.524. The Balaban J connectivity index is 3.02. The number of ether oxygens (including phenoxy) is 2. The molecule has 1 rings (SSSR count). The summed E-state index contributed by atoms with van der Waals surface area (Å²) in [4.78, 5) is 0. The van der Waals surface area contributed by atoms with E-state index in [9.17, 15) is 0 Å². The van der Waals surface area contributed by atoms with Gasteiger partial charge in [-0.1, -0.05) is 39.2 Å². The molecule has 0 fully saturated rings. The van der Waals surface area contributed by atoms with Crippen molar-refractivity contribution in [2.24, 2.45) is 0 Å². The highest BCUT2D eigenvalue weighted by Crippen LogP contribution is 2.38. The first-order valence-electron chi connectivity index (χ1n) is 8.45. The molecule has 0 unspecified atom stereocenters. The van der Waals surface area contributed by atoms with E-state index in [-0.39, 0.29) is 0 Å². The fourth-order valence-electron chi connectivity index (χ4n) is 2.96. The van der Waals surface area contributed by atoms with Gasteiger partial charge in [-0.05, 0) is 70.6 Å². The van der Waals surface area contributed by atoms with Crippen LogP contribution >= 0.6 is 15.9 Å². The van der Waals surface area contributed by atoms with Gasteiger partial charge in [0, 0.05) is 10.9 Å². The van der Waals surface area contributed by atoms with Gasteiger partial charge in [0.05, 0.1) is 14.2 Å². The van der Waals surface area contributed by atoms with Crippen LogP contribution in [0.5, 0.6) is 11.5 Å². The molecule has 0 aliphatic carbocycles. The summed E-state index contributed by atoms with van der Waals surface area (Å²) in [6.07, 6.45) is 7.67. The lowest BCUT2D eigenvalue weighted by Crippen LogP contribution is -2.03. The Morgan fingerprint density at radius 2 is 1.46 bits per heavy atom. The highest BCUT2D eigenvalue weighted by atomic mass is 79.9. The molecule has 0 bridgehead atoms. The van der Waals surface area contributed by atoms with Crippen LogP contribution in [0.25, 0.3) is 0 Å². The molecule has 3 heteroatoms. The van der Waals surface area contributed by atoms with Crippen molar-refractivity contribution in [3.63, 3.8) is 0 Å². The molecule has 0 saturated heterocycles. The maximum Gasteiger partial charge on any atom is 0.126 e. The summed E-state index contributed by atoms with van der Waals surface area (Å²) >= 11 is 3.48. The molecule has 0 spiro atoms. The maximum absolute atomic E-state index is 5.70. The zero-order valence-electron chi connectivity index (χ0n) is 16.2. The molecule has 0 N–H and O–H groups in total. The van der Waals surface area contributed by atoms with E-state index >= 15 is 0 Å². The lowest BCUT2D eigenvalue weighted by Gasteiger charge is -2.20. The smallest absolute Gasteiger partial charge is 0.126 e. The third-order valence-corrected chi connectivity index (χ3v) is 5.50. The van der Waals surface area contributed by atoms with E-state index in [0.29, 0.717) is 0 Å². The highest BCUT2D eigenvalue weighted by Gasteiger charge is 2.17. The number of allylic oxidation sites excluding steroid dienone is 4. The SMILES string of the molecule is COc1c(C)c(C)c(OC)c(C/C=C(\C)CCC=C(C)CBr)c1C. The molecule has 2 nitrogen and oxygen atoms in total. The minimum atomic E-state index is 0.874. The number of hydrogen-bond donors (Lipinski definition) is 0. The zero-order valence-corrected chi connectivity index (χ0v) is 17.8. The van der Waals surface area contributed by atoms with Crippen molar-refractivity contribution in [3.8, 4) is 11.5 Å². The Kier molecular flexibility index (Phi) is 8.61. The third kappa shape index (κ3) is 5.14. The highest BCUT2D eigenvalue weighted by molar-refractivity contribution is 9.09. The van der Waals surface area contributed by atoms with Crippen LogP contribution in [0.1, 0.15) is 48.9 Å². The number of hydrogen-bond acceptors (Lipinski definition) is 2. The molecule has 0 atom stereocenters. The second-order valence-corrected chi connectivity index (χ2v) is 6.96. The van der Waals surface area contributed by atoms with Crippen molar-refractivity contribution in [1.29, 1.82) is 0 Å². The fourth-order valence-corrected chi connectivity index (χ4v) is 3.19. The lowest BCUT2D eigenvalue weighted by molar-refractivity contribution is 0.391. The van der Waals surface area contributed by atoms with E-state index in [1.54, 1.807) is 14.2 Å². The average molecular weight is 395 g/mol. The Morgan fingerprint density at radius 3 is 2.00 bits per heavy atom. The largest absolute Gasteiger partial charge is 0.496 e. The van der Waals surface area contributed by atoms with Crippen molar-refractivity contribution < 1.29 is 9.47 Å². The van der Waals surface area contributed by atoms with E-state index in [4.69, 9.17) is 9.47 Å². The van der Waals surface area contributed by atoms with Crippen molar-refractivity contribution in [2.45, 2.75) is 53.9 Å². The van der Waals surface area contributed by atoms with Gasteiger partial charge in [0.1, 0.15) is 11.5 Å². The van der Waals surface area contributed by atoms with Crippen LogP contribution in [0.4, 0.5) is 0 Å². The van der Waals surface area contributed by atoms with Crippen molar-refractivity contribution in [2.75, 3.05) is 19.5 Å². The average Bonchev–Trinajstić information content (AvgIpc) is 2.57. The molecule has 134 valence electrons. The van der Waals surface area contributed by atoms with Gasteiger partial charge in [0.2, 0.25) is 0 Å². The topological polar surface area (TPSA) is 18.5 Å². The maximum atomic E-state index is 5.70. The standard InChI is InChI=1S/C21H31BrO2/c1-14(9-8-10-15(2)13-22)11-12-19-18(5)20(23-6)16(3)17(4)21(19)24-7/h10-11H,8-9,12-13H2,1-7H3/b14-11+,15-10?. The first-order valence-corrected chi connectivity index (χ1v) is 9.57. The van der Waals surface area contributed by atoms with Crippen LogP contribution in [0, 0.1) is 20.8 Å². The first kappa shape index (κ1) is 20.8. The predicted octanol–water partition coefficient (Wildman–Crippen LogP) is 6.24. The van der Waals surface area contributed by atoms with Gasteiger partial charge in [-0.15, -0.1) is 0 Å². The van der Waals surface area contributed by atoms with Gasteiger partial charge in [-0.3, -0.25) is 0 Å². The molecular weight excluding hydrogens is 364 g/mol. The van der Waals surface area contributed by atoms with Gasteiger partial charge in [-0.25, -0.2) is 0 Å². The van der Waals surface area contributed by atoms with E-state index < -0.39 is 0 Å². The van der Waals surface area contributed by atoms with Gasteiger partial charge in [-0.2, -0.15) is 0 Å². The third-order valence-electron chi connectivity index (χ3n) is 4.62. The van der Waals surface area contributed by atoms with Crippen LogP contribution < -0.4 is 9.47 Å². The monoisotopic (exact) mass is 394 g/mol. The van der Waals surface area contributed by atoms with Crippen molar-refractivity contribution in [1.82, 2.24) is 0 Å². The summed E-state index contributed by atoms with van der Waals surface area (Å²) in [6, 6.07) is 0. The Labute approximate surface area is 156 Å². The van der Waals surface area contributed by atoms with Crippen molar-refractivity contribution >= 4 is 15.9 Å². The Hall–Kier alpha value is -1.22. The second kappa shape index (κ2) is 9.93. The van der Waals surface area contributed by atoms with Gasteiger partial charge >= 0.3 is 0 Å². The van der Waals surface area contributed by atoms with Gasteiger partial charge < -0.3 is 9.47 Å². The predicted molar refractivity (Wildman–Crippen MR) is 108 cm³/mol. The number of alkyl halides is 1. The minimum absolute atomic E-state index is 0.874. The summed E-state index contributed by atoms with van der Waals surface area (Å²) in [7, 11) is 3.49. The minimum Gasteiger partial charge on any atom is -0.496 e. The normalized spacial score (nSPS) is 12.5. The molecule has 0 aliphatic heterocycles.